The van der Waals surface area contributed by atoms with Gasteiger partial charge in [0.25, 0.3) is 5.91 Å². The number of carbonyl (C=O) groups is 5. The number of sulfonamides is 1. The lowest BCUT2D eigenvalue weighted by Crippen LogP contribution is -2.60. The van der Waals surface area contributed by atoms with Crippen LogP contribution in [0.15, 0.2) is 24.3 Å². The molecule has 4 aliphatic rings. The van der Waals surface area contributed by atoms with Crippen LogP contribution < -0.4 is 15.4 Å². The Bertz CT molecular complexity index is 1810. The van der Waals surface area contributed by atoms with Crippen LogP contribution in [0.4, 0.5) is 4.79 Å². The van der Waals surface area contributed by atoms with Gasteiger partial charge in [-0.3, -0.25) is 19.1 Å². The van der Waals surface area contributed by atoms with Gasteiger partial charge in [-0.2, -0.15) is 0 Å². The Morgan fingerprint density at radius 3 is 2.51 bits per heavy atom. The van der Waals surface area contributed by atoms with Crippen LogP contribution in [0, 0.1) is 11.3 Å². The third-order valence-electron chi connectivity index (χ3n) is 10.6. The largest absolute Gasteiger partial charge is 0.456 e. The van der Waals surface area contributed by atoms with Crippen molar-refractivity contribution in [3.63, 3.8) is 0 Å². The van der Waals surface area contributed by atoms with Gasteiger partial charge in [-0.05, 0) is 67.6 Å². The molecule has 0 radical (unpaired) electrons. The zero-order chi connectivity index (χ0) is 36.7. The van der Waals surface area contributed by atoms with Gasteiger partial charge in [0, 0.05) is 17.3 Å². The molecule has 5 atom stereocenters. The number of benzene rings is 1. The van der Waals surface area contributed by atoms with Crippen molar-refractivity contribution in [2.45, 2.75) is 121 Å². The van der Waals surface area contributed by atoms with Crippen LogP contribution in [-0.4, -0.2) is 90.2 Å². The van der Waals surface area contributed by atoms with Gasteiger partial charge in [-0.1, -0.05) is 59.1 Å². The highest BCUT2D eigenvalue weighted by atomic mass is 32.2. The second-order valence-corrected chi connectivity index (χ2v) is 17.5. The number of hydrogen-bond acceptors (Lipinski definition) is 9. The molecular weight excluding hydrogens is 678 g/mol. The van der Waals surface area contributed by atoms with Gasteiger partial charge in [0.1, 0.15) is 29.4 Å². The van der Waals surface area contributed by atoms with Crippen LogP contribution in [0.2, 0.25) is 0 Å². The number of amides is 4. The minimum Gasteiger partial charge on any atom is -0.456 e. The highest BCUT2D eigenvalue weighted by molar-refractivity contribution is 7.91. The molecule has 3 heterocycles. The lowest BCUT2D eigenvalue weighted by Gasteiger charge is -2.35. The van der Waals surface area contributed by atoms with E-state index in [2.05, 4.69) is 20.3 Å². The number of fused-ring (bicyclic) bond motifs is 3. The summed E-state index contributed by atoms with van der Waals surface area (Å²) in [7, 11) is -3.88. The Balaban J connectivity index is 1.29. The van der Waals surface area contributed by atoms with Gasteiger partial charge in [0.15, 0.2) is 0 Å². The van der Waals surface area contributed by atoms with Crippen molar-refractivity contribution in [2.24, 2.45) is 11.3 Å². The Morgan fingerprint density at radius 2 is 1.82 bits per heavy atom. The molecule has 278 valence electrons. The number of H-pyrrole nitrogens is 1. The van der Waals surface area contributed by atoms with Crippen LogP contribution in [0.3, 0.4) is 0 Å². The summed E-state index contributed by atoms with van der Waals surface area (Å²) in [5, 5.41) is 5.79. The third kappa shape index (κ3) is 7.87. The fraction of sp³-hybridized carbons (Fsp3) is 0.639. The second kappa shape index (κ2) is 14.1. The first-order valence-corrected chi connectivity index (χ1v) is 19.6. The number of nitrogens with one attached hydrogen (secondary N) is 4. The van der Waals surface area contributed by atoms with Gasteiger partial charge in [0.2, 0.25) is 21.8 Å². The molecule has 1 aromatic heterocycles. The number of nitrogens with zero attached hydrogens (tertiary/aromatic N) is 1. The van der Waals surface area contributed by atoms with Crippen molar-refractivity contribution in [2.75, 3.05) is 13.2 Å². The molecule has 4 N–H and O–H groups in total. The molecule has 1 saturated heterocycles. The van der Waals surface area contributed by atoms with E-state index in [4.69, 9.17) is 9.47 Å². The summed E-state index contributed by atoms with van der Waals surface area (Å²) in [6, 6.07) is 5.30. The van der Waals surface area contributed by atoms with Crippen LogP contribution in [0.1, 0.15) is 102 Å². The Labute approximate surface area is 298 Å². The molecule has 2 saturated carbocycles. The van der Waals surface area contributed by atoms with E-state index in [0.29, 0.717) is 25.7 Å². The number of aromatic nitrogens is 1. The van der Waals surface area contributed by atoms with Crippen molar-refractivity contribution in [3.8, 4) is 0 Å². The number of hydrogen-bond donors (Lipinski definition) is 4. The normalized spacial score (nSPS) is 28.1. The lowest BCUT2D eigenvalue weighted by molar-refractivity contribution is -0.143. The predicted molar refractivity (Wildman–Crippen MR) is 187 cm³/mol. The van der Waals surface area contributed by atoms with E-state index in [1.807, 2.05) is 25.1 Å². The number of alkyl carbamates (subject to hydrolysis) is 1. The summed E-state index contributed by atoms with van der Waals surface area (Å²) in [4.78, 5) is 72.9. The average Bonchev–Trinajstić information content (AvgIpc) is 3.96. The topological polar surface area (TPSA) is 193 Å². The first-order valence-electron chi connectivity index (χ1n) is 18.1. The monoisotopic (exact) mass is 727 g/mol. The van der Waals surface area contributed by atoms with Crippen LogP contribution in [0.5, 0.6) is 0 Å². The van der Waals surface area contributed by atoms with Gasteiger partial charge in [-0.15, -0.1) is 0 Å². The maximum absolute atomic E-state index is 14.4. The van der Waals surface area contributed by atoms with Gasteiger partial charge in [0.05, 0.1) is 18.4 Å². The summed E-state index contributed by atoms with van der Waals surface area (Å²) in [6.45, 7) is 7.20. The Kier molecular flexibility index (Phi) is 10.1. The van der Waals surface area contributed by atoms with E-state index in [1.165, 1.54) is 4.90 Å². The predicted octanol–water partition coefficient (Wildman–Crippen LogP) is 3.44. The van der Waals surface area contributed by atoms with Crippen molar-refractivity contribution in [3.05, 3.63) is 35.5 Å². The molecule has 51 heavy (non-hydrogen) atoms. The van der Waals surface area contributed by atoms with Crippen molar-refractivity contribution < 1.29 is 41.9 Å². The summed E-state index contributed by atoms with van der Waals surface area (Å²) in [5.74, 6) is -3.01. The average molecular weight is 728 g/mol. The van der Waals surface area contributed by atoms with Gasteiger partial charge >= 0.3 is 12.1 Å². The van der Waals surface area contributed by atoms with Crippen LogP contribution in [-0.2, 0) is 40.3 Å². The quantitative estimate of drug-likeness (QED) is 0.323. The minimum atomic E-state index is -3.88. The van der Waals surface area contributed by atoms with Crippen molar-refractivity contribution in [1.82, 2.24) is 25.2 Å². The summed E-state index contributed by atoms with van der Waals surface area (Å²) in [5.41, 5.74) is -0.157. The molecule has 2 aliphatic carbocycles. The summed E-state index contributed by atoms with van der Waals surface area (Å²) in [6.07, 6.45) is 4.07. The number of rotatable bonds is 6. The molecular formula is C36H49N5O9S. The Hall–Kier alpha value is -4.14. The molecule has 14 nitrogen and oxygen atoms in total. The number of aromatic amines is 1. The number of esters is 1. The van der Waals surface area contributed by atoms with Crippen LogP contribution in [0.25, 0.3) is 10.9 Å². The second-order valence-electron chi connectivity index (χ2n) is 15.5. The fourth-order valence-electron chi connectivity index (χ4n) is 7.34. The van der Waals surface area contributed by atoms with Crippen molar-refractivity contribution in [1.29, 1.82) is 0 Å². The zero-order valence-electron chi connectivity index (χ0n) is 29.7. The van der Waals surface area contributed by atoms with E-state index in [0.717, 1.165) is 42.1 Å². The Morgan fingerprint density at radius 1 is 1.08 bits per heavy atom. The van der Waals surface area contributed by atoms with Crippen LogP contribution >= 0.6 is 0 Å². The molecule has 2 aromatic rings. The molecule has 2 aliphatic heterocycles. The van der Waals surface area contributed by atoms with E-state index in [9.17, 15) is 32.4 Å². The molecule has 0 unspecified atom stereocenters. The minimum absolute atomic E-state index is 0.0784. The number of carbonyl (C=O) groups excluding carboxylic acids is 5. The molecule has 3 fully saturated rings. The lowest BCUT2D eigenvalue weighted by atomic mass is 9.85. The third-order valence-corrected chi connectivity index (χ3v) is 12.4. The van der Waals surface area contributed by atoms with E-state index >= 15 is 0 Å². The highest BCUT2D eigenvalue weighted by Crippen LogP contribution is 2.47. The van der Waals surface area contributed by atoms with Gasteiger partial charge in [-0.25, -0.2) is 18.0 Å². The van der Waals surface area contributed by atoms with E-state index in [1.54, 1.807) is 26.8 Å². The first-order chi connectivity index (χ1) is 24.1. The zero-order valence-corrected chi connectivity index (χ0v) is 30.5. The van der Waals surface area contributed by atoms with E-state index < -0.39 is 74.2 Å². The molecule has 1 aromatic carbocycles. The fourth-order valence-corrected chi connectivity index (χ4v) is 8.71. The maximum atomic E-state index is 14.4. The highest BCUT2D eigenvalue weighted by Gasteiger charge is 2.62. The maximum Gasteiger partial charge on any atom is 0.407 e. The van der Waals surface area contributed by atoms with Gasteiger partial charge < -0.3 is 30.0 Å². The summed E-state index contributed by atoms with van der Waals surface area (Å²) < 4.78 is 38.9. The molecule has 4 bridgehead atoms. The molecule has 4 amide bonds. The molecule has 6 rings (SSSR count). The SMILES string of the molecule is CC[C@H]1C[C@]1(NC(=O)[C@@H]1C[C@@H]2CN1C(=O)[C@H](C(C)(C)C)NC(=O)OCCCCCCc1cccc3[nH]c(cc13)C(=O)O2)C(=O)NS(=O)(=O)C1CC1. The van der Waals surface area contributed by atoms with Crippen molar-refractivity contribution >= 4 is 50.7 Å². The number of aryl methyl sites for hydroxylation is 1. The summed E-state index contributed by atoms with van der Waals surface area (Å²) >= 11 is 0. The first kappa shape index (κ1) is 36.6. The van der Waals surface area contributed by atoms with E-state index in [-0.39, 0.29) is 37.6 Å². The number of ether oxygens (including phenoxy) is 2. The molecule has 15 heteroatoms. The smallest absolute Gasteiger partial charge is 0.407 e. The molecule has 0 spiro atoms. The standard InChI is InChI=1S/C36H49N5O9S/c1-5-22-19-36(22,33(45)40-51(47,48)24-14-15-24)39-30(42)28-17-23-20-41(28)31(43)29(35(2,3)4)38-34(46)49-16-9-7-6-8-11-21-12-10-13-26-25(21)18-27(37-26)32(44)50-23/h10,12-13,18,22-24,28-29,37H,5-9,11,14-17,19-20H2,1-4H3,(H,38,46)(H,39,42)(H,40,45)/t22-,23+,28-,29+,36+/m0/s1. The number of cyclic esters (lactones) is 1.